The molecule has 1 aliphatic heterocycles. The van der Waals surface area contributed by atoms with E-state index in [0.29, 0.717) is 25.9 Å². The first kappa shape index (κ1) is 17.9. The van der Waals surface area contributed by atoms with E-state index in [1.807, 2.05) is 37.4 Å². The number of piperidine rings is 1. The molecule has 2 aromatic rings. The zero-order valence-corrected chi connectivity index (χ0v) is 14.9. The Morgan fingerprint density at radius 1 is 1.27 bits per heavy atom. The topological polar surface area (TPSA) is 74.3 Å². The van der Waals surface area contributed by atoms with Crippen molar-refractivity contribution in [2.75, 3.05) is 18.5 Å². The molecule has 1 aromatic heterocycles. The molecule has 136 valence electrons. The van der Waals surface area contributed by atoms with Crippen LogP contribution >= 0.6 is 0 Å². The Balaban J connectivity index is 1.61. The highest BCUT2D eigenvalue weighted by Crippen LogP contribution is 2.18. The Morgan fingerprint density at radius 2 is 2.08 bits per heavy atom. The van der Waals surface area contributed by atoms with Crippen LogP contribution in [0.3, 0.4) is 0 Å². The van der Waals surface area contributed by atoms with E-state index in [4.69, 9.17) is 0 Å². The number of aromatic nitrogens is 1. The highest BCUT2D eigenvalue weighted by Gasteiger charge is 2.24. The number of nitrogens with one attached hydrogen (secondary N) is 2. The molecule has 1 saturated heterocycles. The van der Waals surface area contributed by atoms with Crippen LogP contribution in [-0.2, 0) is 22.7 Å². The van der Waals surface area contributed by atoms with Crippen molar-refractivity contribution in [3.8, 4) is 0 Å². The fourth-order valence-electron chi connectivity index (χ4n) is 3.13. The van der Waals surface area contributed by atoms with Gasteiger partial charge in [-0.3, -0.25) is 9.59 Å². The number of rotatable bonds is 6. The van der Waals surface area contributed by atoms with Crippen molar-refractivity contribution in [1.82, 2.24) is 15.6 Å². The lowest BCUT2D eigenvalue weighted by Gasteiger charge is -2.23. The number of amides is 2. The maximum Gasteiger partial charge on any atom is 0.225 e. The zero-order chi connectivity index (χ0) is 18.4. The molecule has 6 nitrogen and oxygen atoms in total. The molecule has 0 spiro atoms. The van der Waals surface area contributed by atoms with Gasteiger partial charge < -0.3 is 15.5 Å². The van der Waals surface area contributed by atoms with Gasteiger partial charge in [-0.1, -0.05) is 36.4 Å². The maximum absolute atomic E-state index is 12.4. The van der Waals surface area contributed by atoms with E-state index in [2.05, 4.69) is 32.7 Å². The lowest BCUT2D eigenvalue weighted by atomic mass is 9.98. The van der Waals surface area contributed by atoms with Gasteiger partial charge in [0.05, 0.1) is 5.92 Å². The Hall–Kier alpha value is -2.89. The predicted octanol–water partition coefficient (Wildman–Crippen LogP) is 1.86. The van der Waals surface area contributed by atoms with Gasteiger partial charge in [0.1, 0.15) is 5.82 Å². The van der Waals surface area contributed by atoms with Crippen LogP contribution in [0.15, 0.2) is 48.7 Å². The molecular weight excluding hydrogens is 328 g/mol. The summed E-state index contributed by atoms with van der Waals surface area (Å²) >= 11 is 0. The summed E-state index contributed by atoms with van der Waals surface area (Å²) in [7, 11) is 2.00. The first-order valence-corrected chi connectivity index (χ1v) is 8.87. The minimum atomic E-state index is -0.158. The number of hydrogen-bond donors (Lipinski definition) is 2. The molecule has 0 saturated carbocycles. The minimum absolute atomic E-state index is 0.0196. The second-order valence-corrected chi connectivity index (χ2v) is 6.59. The van der Waals surface area contributed by atoms with Crippen molar-refractivity contribution in [2.45, 2.75) is 25.9 Å². The fraction of sp³-hybridized carbons (Fsp3) is 0.350. The van der Waals surface area contributed by atoms with E-state index >= 15 is 0 Å². The van der Waals surface area contributed by atoms with Crippen LogP contribution in [0.25, 0.3) is 0 Å². The van der Waals surface area contributed by atoms with Crippen molar-refractivity contribution < 1.29 is 9.59 Å². The summed E-state index contributed by atoms with van der Waals surface area (Å²) in [5, 5.41) is 5.73. The van der Waals surface area contributed by atoms with Crippen LogP contribution in [0.2, 0.25) is 0 Å². The average molecular weight is 352 g/mol. The van der Waals surface area contributed by atoms with Gasteiger partial charge >= 0.3 is 0 Å². The normalized spacial score (nSPS) is 16.7. The molecule has 6 heteroatoms. The van der Waals surface area contributed by atoms with E-state index in [9.17, 15) is 9.59 Å². The van der Waals surface area contributed by atoms with E-state index < -0.39 is 0 Å². The summed E-state index contributed by atoms with van der Waals surface area (Å²) < 4.78 is 0. The Bertz CT molecular complexity index is 753. The van der Waals surface area contributed by atoms with Crippen LogP contribution in [0.4, 0.5) is 5.82 Å². The summed E-state index contributed by atoms with van der Waals surface area (Å²) in [6, 6.07) is 14.1. The summed E-state index contributed by atoms with van der Waals surface area (Å²) in [5.41, 5.74) is 2.17. The molecule has 1 fully saturated rings. The minimum Gasteiger partial charge on any atom is -0.355 e. The number of carbonyl (C=O) groups is 2. The third kappa shape index (κ3) is 4.59. The third-order valence-corrected chi connectivity index (χ3v) is 4.58. The molecule has 0 aliphatic carbocycles. The van der Waals surface area contributed by atoms with Crippen molar-refractivity contribution in [3.05, 3.63) is 59.8 Å². The number of carbonyl (C=O) groups excluding carboxylic acids is 2. The van der Waals surface area contributed by atoms with E-state index in [-0.39, 0.29) is 17.7 Å². The summed E-state index contributed by atoms with van der Waals surface area (Å²) in [6.07, 6.45) is 2.78. The second-order valence-electron chi connectivity index (χ2n) is 6.59. The SMILES string of the molecule is CN(Cc1ccccc1)c1ncccc1CNC(=O)[C@@H]1CCC(=O)NC1. The van der Waals surface area contributed by atoms with E-state index in [0.717, 1.165) is 17.9 Å². The Labute approximate surface area is 153 Å². The van der Waals surface area contributed by atoms with Gasteiger partial charge in [-0.05, 0) is 18.1 Å². The number of anilines is 1. The predicted molar refractivity (Wildman–Crippen MR) is 100 cm³/mol. The van der Waals surface area contributed by atoms with Gasteiger partial charge in [0, 0.05) is 44.9 Å². The zero-order valence-electron chi connectivity index (χ0n) is 14.9. The molecule has 2 N–H and O–H groups in total. The standard InChI is InChI=1S/C20H24N4O2/c1-24(14-15-6-3-2-4-7-15)19-16(8-5-11-21-19)12-23-20(26)17-9-10-18(25)22-13-17/h2-8,11,17H,9-10,12-14H2,1H3,(H,22,25)(H,23,26)/t17-/m1/s1. The van der Waals surface area contributed by atoms with E-state index in [1.165, 1.54) is 5.56 Å². The Morgan fingerprint density at radius 3 is 2.81 bits per heavy atom. The van der Waals surface area contributed by atoms with Crippen LogP contribution in [0, 0.1) is 5.92 Å². The highest BCUT2D eigenvalue weighted by molar-refractivity contribution is 5.83. The van der Waals surface area contributed by atoms with Crippen LogP contribution in [-0.4, -0.2) is 30.4 Å². The van der Waals surface area contributed by atoms with Crippen LogP contribution in [0.1, 0.15) is 24.0 Å². The molecule has 1 aromatic carbocycles. The number of benzene rings is 1. The van der Waals surface area contributed by atoms with Gasteiger partial charge in [-0.2, -0.15) is 0 Å². The van der Waals surface area contributed by atoms with Gasteiger partial charge in [0.2, 0.25) is 11.8 Å². The summed E-state index contributed by atoms with van der Waals surface area (Å²) in [4.78, 5) is 30.2. The molecule has 3 rings (SSSR count). The van der Waals surface area contributed by atoms with Crippen LogP contribution < -0.4 is 15.5 Å². The van der Waals surface area contributed by atoms with Gasteiger partial charge in [-0.25, -0.2) is 4.98 Å². The molecule has 2 amide bonds. The van der Waals surface area contributed by atoms with Crippen molar-refractivity contribution in [2.24, 2.45) is 5.92 Å². The quantitative estimate of drug-likeness (QED) is 0.832. The number of pyridine rings is 1. The molecular formula is C20H24N4O2. The molecule has 0 unspecified atom stereocenters. The lowest BCUT2D eigenvalue weighted by Crippen LogP contribution is -2.42. The number of hydrogen-bond acceptors (Lipinski definition) is 4. The monoisotopic (exact) mass is 352 g/mol. The molecule has 0 radical (unpaired) electrons. The van der Waals surface area contributed by atoms with Gasteiger partial charge in [0.15, 0.2) is 0 Å². The molecule has 1 atom stereocenters. The first-order chi connectivity index (χ1) is 12.6. The average Bonchev–Trinajstić information content (AvgIpc) is 2.67. The van der Waals surface area contributed by atoms with Crippen molar-refractivity contribution in [1.29, 1.82) is 0 Å². The second kappa shape index (κ2) is 8.47. The number of nitrogens with zero attached hydrogens (tertiary/aromatic N) is 2. The van der Waals surface area contributed by atoms with Gasteiger partial charge in [-0.15, -0.1) is 0 Å². The van der Waals surface area contributed by atoms with Crippen LogP contribution in [0.5, 0.6) is 0 Å². The molecule has 2 heterocycles. The molecule has 26 heavy (non-hydrogen) atoms. The summed E-state index contributed by atoms with van der Waals surface area (Å²) in [6.45, 7) is 1.58. The fourth-order valence-corrected chi connectivity index (χ4v) is 3.13. The third-order valence-electron chi connectivity index (χ3n) is 4.58. The summed E-state index contributed by atoms with van der Waals surface area (Å²) in [5.74, 6) is 0.695. The Kier molecular flexibility index (Phi) is 5.84. The van der Waals surface area contributed by atoms with Crippen molar-refractivity contribution in [3.63, 3.8) is 0 Å². The maximum atomic E-state index is 12.4. The highest BCUT2D eigenvalue weighted by atomic mass is 16.2. The van der Waals surface area contributed by atoms with E-state index in [1.54, 1.807) is 6.20 Å². The molecule has 1 aliphatic rings. The first-order valence-electron chi connectivity index (χ1n) is 8.87. The smallest absolute Gasteiger partial charge is 0.225 e. The molecule has 0 bridgehead atoms. The largest absolute Gasteiger partial charge is 0.355 e. The lowest BCUT2D eigenvalue weighted by molar-refractivity contribution is -0.129. The van der Waals surface area contributed by atoms with Crippen molar-refractivity contribution >= 4 is 17.6 Å². The van der Waals surface area contributed by atoms with Gasteiger partial charge in [0.25, 0.3) is 0 Å².